The standard InChI is InChI=1S/C23H25ClFN3O3/c1-15-14-28(10-11-30-15)20(22-17(24)8-5-9-18(22)25)13-26-23(29)19-12-21(31-27-19)16-6-3-2-4-7-16/h2-9,15,20-21H,10-14H2,1H3,(H,26,29). The molecule has 1 saturated heterocycles. The number of oxime groups is 1. The first-order valence-corrected chi connectivity index (χ1v) is 10.8. The molecule has 3 atom stereocenters. The summed E-state index contributed by atoms with van der Waals surface area (Å²) in [6.45, 7) is 3.94. The summed E-state index contributed by atoms with van der Waals surface area (Å²) in [5, 5.41) is 7.22. The van der Waals surface area contributed by atoms with Gasteiger partial charge in [0.05, 0.1) is 18.8 Å². The van der Waals surface area contributed by atoms with E-state index < -0.39 is 11.9 Å². The van der Waals surface area contributed by atoms with Crippen LogP contribution >= 0.6 is 11.6 Å². The molecule has 2 aromatic rings. The zero-order chi connectivity index (χ0) is 21.8. The van der Waals surface area contributed by atoms with Gasteiger partial charge in [0.25, 0.3) is 5.91 Å². The Morgan fingerprint density at radius 2 is 2.10 bits per heavy atom. The molecule has 2 heterocycles. The summed E-state index contributed by atoms with van der Waals surface area (Å²) >= 11 is 6.35. The second-order valence-electron chi connectivity index (χ2n) is 7.78. The number of benzene rings is 2. The minimum absolute atomic E-state index is 0.0109. The van der Waals surface area contributed by atoms with Crippen LogP contribution in [0.1, 0.15) is 36.6 Å². The van der Waals surface area contributed by atoms with Gasteiger partial charge in [0, 0.05) is 36.6 Å². The van der Waals surface area contributed by atoms with Gasteiger partial charge in [0.15, 0.2) is 6.10 Å². The topological polar surface area (TPSA) is 63.2 Å². The Balaban J connectivity index is 1.46. The van der Waals surface area contributed by atoms with Crippen molar-refractivity contribution in [2.45, 2.75) is 31.6 Å². The van der Waals surface area contributed by atoms with E-state index in [4.69, 9.17) is 21.2 Å². The Morgan fingerprint density at radius 3 is 2.84 bits per heavy atom. The monoisotopic (exact) mass is 445 g/mol. The molecule has 0 saturated carbocycles. The van der Waals surface area contributed by atoms with E-state index >= 15 is 0 Å². The van der Waals surface area contributed by atoms with E-state index in [0.717, 1.165) is 5.56 Å². The van der Waals surface area contributed by atoms with Crippen molar-refractivity contribution < 1.29 is 18.8 Å². The second kappa shape index (κ2) is 9.77. The Hall–Kier alpha value is -2.48. The van der Waals surface area contributed by atoms with E-state index in [0.29, 0.717) is 42.4 Å². The number of amides is 1. The smallest absolute Gasteiger partial charge is 0.269 e. The lowest BCUT2D eigenvalue weighted by Gasteiger charge is -2.38. The molecule has 4 rings (SSSR count). The number of ether oxygens (including phenoxy) is 1. The van der Waals surface area contributed by atoms with Crippen LogP contribution in [0.15, 0.2) is 53.7 Å². The molecule has 1 fully saturated rings. The highest BCUT2D eigenvalue weighted by Crippen LogP contribution is 2.31. The van der Waals surface area contributed by atoms with Crippen LogP contribution in [-0.4, -0.2) is 48.9 Å². The van der Waals surface area contributed by atoms with Crippen LogP contribution in [0.2, 0.25) is 5.02 Å². The number of nitrogens with one attached hydrogen (secondary N) is 1. The fraction of sp³-hybridized carbons (Fsp3) is 0.391. The molecule has 8 heteroatoms. The number of hydrogen-bond acceptors (Lipinski definition) is 5. The lowest BCUT2D eigenvalue weighted by molar-refractivity contribution is -0.115. The van der Waals surface area contributed by atoms with Crippen molar-refractivity contribution in [3.05, 3.63) is 70.5 Å². The van der Waals surface area contributed by atoms with Gasteiger partial charge in [-0.1, -0.05) is 53.2 Å². The quantitative estimate of drug-likeness (QED) is 0.733. The largest absolute Gasteiger partial charge is 0.387 e. The van der Waals surface area contributed by atoms with Crippen LogP contribution in [0.4, 0.5) is 4.39 Å². The maximum absolute atomic E-state index is 14.7. The van der Waals surface area contributed by atoms with Gasteiger partial charge in [-0.25, -0.2) is 4.39 Å². The first-order chi connectivity index (χ1) is 15.0. The van der Waals surface area contributed by atoms with Crippen LogP contribution in [0.3, 0.4) is 0 Å². The Kier molecular flexibility index (Phi) is 6.85. The van der Waals surface area contributed by atoms with Crippen molar-refractivity contribution in [1.82, 2.24) is 10.2 Å². The summed E-state index contributed by atoms with van der Waals surface area (Å²) in [6.07, 6.45) is 0.117. The molecule has 0 aliphatic carbocycles. The summed E-state index contributed by atoms with van der Waals surface area (Å²) in [6, 6.07) is 13.9. The predicted octanol–water partition coefficient (Wildman–Crippen LogP) is 3.87. The molecule has 6 nitrogen and oxygen atoms in total. The molecule has 0 spiro atoms. The van der Waals surface area contributed by atoms with Gasteiger partial charge in [0.2, 0.25) is 0 Å². The number of hydrogen-bond donors (Lipinski definition) is 1. The van der Waals surface area contributed by atoms with Crippen molar-refractivity contribution in [2.24, 2.45) is 5.16 Å². The molecule has 2 aliphatic heterocycles. The third-order valence-corrected chi connectivity index (χ3v) is 5.93. The number of halogens is 2. The molecular formula is C23H25ClFN3O3. The highest BCUT2D eigenvalue weighted by atomic mass is 35.5. The molecule has 0 radical (unpaired) electrons. The molecule has 0 aromatic heterocycles. The molecule has 1 N–H and O–H groups in total. The van der Waals surface area contributed by atoms with Crippen molar-refractivity contribution >= 4 is 23.2 Å². The molecule has 2 aromatic carbocycles. The summed E-state index contributed by atoms with van der Waals surface area (Å²) in [7, 11) is 0. The lowest BCUT2D eigenvalue weighted by Crippen LogP contribution is -2.47. The van der Waals surface area contributed by atoms with E-state index in [1.165, 1.54) is 6.07 Å². The van der Waals surface area contributed by atoms with Gasteiger partial charge in [-0.15, -0.1) is 0 Å². The molecule has 2 aliphatic rings. The summed E-state index contributed by atoms with van der Waals surface area (Å²) < 4.78 is 20.3. The minimum Gasteiger partial charge on any atom is -0.387 e. The fourth-order valence-electron chi connectivity index (χ4n) is 4.02. The maximum atomic E-state index is 14.7. The molecule has 3 unspecified atom stereocenters. The van der Waals surface area contributed by atoms with E-state index in [1.807, 2.05) is 37.3 Å². The molecule has 31 heavy (non-hydrogen) atoms. The van der Waals surface area contributed by atoms with Crippen LogP contribution in [-0.2, 0) is 14.4 Å². The molecule has 0 bridgehead atoms. The predicted molar refractivity (Wildman–Crippen MR) is 116 cm³/mol. The SMILES string of the molecule is CC1CN(C(CNC(=O)C2=NOC(c3ccccc3)C2)c2c(F)cccc2Cl)CCO1. The first kappa shape index (κ1) is 21.7. The minimum atomic E-state index is -0.420. The third-order valence-electron chi connectivity index (χ3n) is 5.60. The van der Waals surface area contributed by atoms with Crippen LogP contribution in [0.25, 0.3) is 0 Å². The summed E-state index contributed by atoms with van der Waals surface area (Å²) in [4.78, 5) is 20.3. The van der Waals surface area contributed by atoms with Crippen molar-refractivity contribution in [2.75, 3.05) is 26.2 Å². The second-order valence-corrected chi connectivity index (χ2v) is 8.19. The van der Waals surface area contributed by atoms with Crippen molar-refractivity contribution in [3.8, 4) is 0 Å². The van der Waals surface area contributed by atoms with E-state index in [-0.39, 0.29) is 24.7 Å². The van der Waals surface area contributed by atoms with Crippen LogP contribution < -0.4 is 5.32 Å². The number of morpholine rings is 1. The summed E-state index contributed by atoms with van der Waals surface area (Å²) in [5.74, 6) is -0.714. The summed E-state index contributed by atoms with van der Waals surface area (Å²) in [5.41, 5.74) is 1.67. The van der Waals surface area contributed by atoms with Crippen molar-refractivity contribution in [1.29, 1.82) is 0 Å². The van der Waals surface area contributed by atoms with Gasteiger partial charge in [-0.3, -0.25) is 9.69 Å². The Bertz CT molecular complexity index is 936. The molecule has 1 amide bonds. The van der Waals surface area contributed by atoms with Crippen LogP contribution in [0, 0.1) is 5.82 Å². The lowest BCUT2D eigenvalue weighted by atomic mass is 10.0. The first-order valence-electron chi connectivity index (χ1n) is 10.4. The highest BCUT2D eigenvalue weighted by Gasteiger charge is 2.31. The van der Waals surface area contributed by atoms with Gasteiger partial charge in [0.1, 0.15) is 11.5 Å². The number of nitrogens with zero attached hydrogens (tertiary/aromatic N) is 2. The molecule has 164 valence electrons. The fourth-order valence-corrected chi connectivity index (χ4v) is 4.31. The number of carbonyl (C=O) groups is 1. The number of carbonyl (C=O) groups excluding carboxylic acids is 1. The Morgan fingerprint density at radius 1 is 1.29 bits per heavy atom. The normalized spacial score (nSPS) is 22.5. The molecular weight excluding hydrogens is 421 g/mol. The van der Waals surface area contributed by atoms with Crippen LogP contribution in [0.5, 0.6) is 0 Å². The maximum Gasteiger partial charge on any atom is 0.269 e. The zero-order valence-corrected chi connectivity index (χ0v) is 18.0. The van der Waals surface area contributed by atoms with Gasteiger partial charge >= 0.3 is 0 Å². The van der Waals surface area contributed by atoms with Gasteiger partial charge in [-0.05, 0) is 24.6 Å². The average molecular weight is 446 g/mol. The van der Waals surface area contributed by atoms with E-state index in [9.17, 15) is 9.18 Å². The third kappa shape index (κ3) is 5.06. The average Bonchev–Trinajstić information content (AvgIpc) is 3.27. The highest BCUT2D eigenvalue weighted by molar-refractivity contribution is 6.39. The van der Waals surface area contributed by atoms with Crippen molar-refractivity contribution in [3.63, 3.8) is 0 Å². The van der Waals surface area contributed by atoms with E-state index in [2.05, 4.69) is 15.4 Å². The van der Waals surface area contributed by atoms with E-state index in [1.54, 1.807) is 12.1 Å². The number of rotatable bonds is 6. The van der Waals surface area contributed by atoms with Gasteiger partial charge < -0.3 is 14.9 Å². The zero-order valence-electron chi connectivity index (χ0n) is 17.3. The van der Waals surface area contributed by atoms with Gasteiger partial charge in [-0.2, -0.15) is 0 Å². The Labute approximate surface area is 186 Å².